The van der Waals surface area contributed by atoms with Gasteiger partial charge in [0, 0.05) is 30.8 Å². The molecule has 4 aromatic carbocycles. The van der Waals surface area contributed by atoms with E-state index in [1.54, 1.807) is 134 Å². The second-order valence-corrected chi connectivity index (χ2v) is 33.4. The minimum Gasteiger partial charge on any atom is -0.497 e. The quantitative estimate of drug-likeness (QED) is 0.0421. The van der Waals surface area contributed by atoms with Crippen LogP contribution in [0.2, 0.25) is 0 Å². The Bertz CT molecular complexity index is 3400. The van der Waals surface area contributed by atoms with Crippen LogP contribution in [0.25, 0.3) is 0 Å². The largest absolute Gasteiger partial charge is 0.497 e. The number of rotatable bonds is 12. The number of alkyl halides is 3. The van der Waals surface area contributed by atoms with Crippen LogP contribution in [0.15, 0.2) is 107 Å². The predicted molar refractivity (Wildman–Crippen MR) is 363 cm³/mol. The fourth-order valence-corrected chi connectivity index (χ4v) is 15.7. The average molecular weight is 1550 g/mol. The summed E-state index contributed by atoms with van der Waals surface area (Å²) >= 11 is -1.60. The maximum atomic E-state index is 13.9. The van der Waals surface area contributed by atoms with Gasteiger partial charge in [0.2, 0.25) is 0 Å². The topological polar surface area (TPSA) is 245 Å². The van der Waals surface area contributed by atoms with Gasteiger partial charge in [0.1, 0.15) is 22.8 Å². The molecule has 0 bridgehead atoms. The molecule has 0 N–H and O–H groups in total. The molecule has 0 aromatic heterocycles. The molecule has 0 unspecified atom stereocenters. The molecule has 0 saturated carbocycles. The number of urea groups is 2. The first-order chi connectivity index (χ1) is 42.8. The van der Waals surface area contributed by atoms with E-state index in [9.17, 15) is 50.4 Å². The van der Waals surface area contributed by atoms with Crippen molar-refractivity contribution >= 4 is 101 Å². The number of hydrogen-bond acceptors (Lipinski definition) is 15. The summed E-state index contributed by atoms with van der Waals surface area (Å²) in [5, 5.41) is 0. The van der Waals surface area contributed by atoms with Gasteiger partial charge in [0.15, 0.2) is 0 Å². The van der Waals surface area contributed by atoms with Crippen molar-refractivity contribution in [3.8, 4) is 11.5 Å². The molecule has 2 saturated heterocycles. The van der Waals surface area contributed by atoms with Gasteiger partial charge >= 0.3 is 317 Å². The van der Waals surface area contributed by atoms with E-state index in [0.29, 0.717) is 11.3 Å². The third-order valence-corrected chi connectivity index (χ3v) is 20.3. The number of carbonyl (C=O) groups excluding carboxylic acids is 6. The fourth-order valence-electron chi connectivity index (χ4n) is 8.76. The first-order valence-electron chi connectivity index (χ1n) is 29.1. The first-order valence-corrected chi connectivity index (χ1v) is 34.7. The molecule has 8 amide bonds. The van der Waals surface area contributed by atoms with Gasteiger partial charge in [-0.2, -0.15) is 4.99 Å². The van der Waals surface area contributed by atoms with Gasteiger partial charge in [-0.05, 0) is 101 Å². The van der Waals surface area contributed by atoms with E-state index in [1.807, 2.05) is 55.5 Å². The fraction of sp³-hybridized carbons (Fsp3) is 0.500. The molecular formula is C64H87F3I2N8O15S. The zero-order valence-electron chi connectivity index (χ0n) is 56.1. The average Bonchev–Trinajstić information content (AvgIpc) is 0.833. The van der Waals surface area contributed by atoms with Crippen molar-refractivity contribution in [2.75, 3.05) is 68.6 Å². The number of methoxy groups -OCH3 is 2. The van der Waals surface area contributed by atoms with Crippen molar-refractivity contribution in [3.05, 3.63) is 124 Å². The van der Waals surface area contributed by atoms with E-state index in [2.05, 4.69) is 32.6 Å². The number of carbonyl (C=O) groups is 6. The minimum absolute atomic E-state index is 0.0701. The number of hydrogen-bond donors (Lipinski definition) is 0. The minimum atomic E-state index is -6.00. The normalized spacial score (nSPS) is 15.0. The van der Waals surface area contributed by atoms with Gasteiger partial charge in [0.25, 0.3) is 0 Å². The van der Waals surface area contributed by atoms with Crippen LogP contribution in [0.5, 0.6) is 11.5 Å². The molecule has 0 radical (unpaired) electrons. The van der Waals surface area contributed by atoms with Crippen LogP contribution in [-0.2, 0) is 44.7 Å². The van der Waals surface area contributed by atoms with Crippen molar-refractivity contribution in [1.82, 2.24) is 29.4 Å². The standard InChI is InChI=1S/C32H42F3IN4O9S.C25H38N4O5.C7H7IO/c1-30(2,3)47-27(41)37-26(22-19-38(7)28(42)39(8)20-22)40(29(43)48-31(4,5)6)18-21-11-10-12-24(17-21)36(49-50(44,45)32(33,34)35)23-13-15-25(46-9)16-14-23;1-17-11-10-12-18(13-17)14-29(23(32)34-25(5,6)7)20(26-21(30)33-24(2,3)4)19-15-27(8)22(31)28(9)16-19;1-9-7-4-2-6(8)3-5-7/h10-17,22H,18-20H2,1-9H3;10-13,19H,14-16H2,1-9H3;2-5H,1H3. The molecule has 514 valence electrons. The third kappa shape index (κ3) is 25.7. The number of aryl methyl sites for hydroxylation is 1. The van der Waals surface area contributed by atoms with Crippen molar-refractivity contribution in [3.63, 3.8) is 0 Å². The van der Waals surface area contributed by atoms with Crippen molar-refractivity contribution in [2.24, 2.45) is 21.8 Å². The zero-order chi connectivity index (χ0) is 70.4. The summed E-state index contributed by atoms with van der Waals surface area (Å²) in [4.78, 5) is 94.9. The molecule has 2 aliphatic heterocycles. The van der Waals surface area contributed by atoms with E-state index in [1.165, 1.54) is 67.8 Å². The van der Waals surface area contributed by atoms with E-state index in [4.69, 9.17) is 30.9 Å². The number of nitrogens with zero attached hydrogens (tertiary/aromatic N) is 8. The summed E-state index contributed by atoms with van der Waals surface area (Å²) in [7, 11) is 3.52. The van der Waals surface area contributed by atoms with Crippen molar-refractivity contribution in [1.29, 1.82) is 0 Å². The first kappa shape index (κ1) is 78.4. The van der Waals surface area contributed by atoms with Crippen LogP contribution in [0.4, 0.5) is 41.9 Å². The van der Waals surface area contributed by atoms with E-state index in [-0.39, 0.29) is 70.1 Å². The van der Waals surface area contributed by atoms with Gasteiger partial charge in [-0.15, -0.1) is 0 Å². The molecule has 2 fully saturated rings. The van der Waals surface area contributed by atoms with Crippen LogP contribution in [-0.4, -0.2) is 182 Å². The molecule has 0 aliphatic carbocycles. The van der Waals surface area contributed by atoms with Gasteiger partial charge < -0.3 is 24.0 Å². The van der Waals surface area contributed by atoms with E-state index < -0.39 is 94.5 Å². The number of halogens is 5. The molecule has 23 nitrogen and oxygen atoms in total. The number of ether oxygens (including phenoxy) is 6. The molecule has 6 rings (SSSR count). The molecule has 4 aromatic rings. The monoisotopic (exact) mass is 1550 g/mol. The molecule has 2 heterocycles. The van der Waals surface area contributed by atoms with Crippen LogP contribution in [0.1, 0.15) is 99.8 Å². The Kier molecular flexibility index (Phi) is 27.8. The maximum Gasteiger partial charge on any atom is 0.435 e. The summed E-state index contributed by atoms with van der Waals surface area (Å²) in [6, 6.07) is 26.9. The summed E-state index contributed by atoms with van der Waals surface area (Å²) in [5.74, 6) is 0.312. The van der Waals surface area contributed by atoms with Crippen LogP contribution in [0, 0.1) is 29.5 Å². The van der Waals surface area contributed by atoms with E-state index >= 15 is 0 Å². The Labute approximate surface area is 565 Å². The van der Waals surface area contributed by atoms with Gasteiger partial charge in [-0.1, -0.05) is 29.8 Å². The molecule has 0 atom stereocenters. The Hall–Kier alpha value is -7.00. The Morgan fingerprint density at radius 1 is 0.548 bits per heavy atom. The van der Waals surface area contributed by atoms with E-state index in [0.717, 1.165) is 21.8 Å². The predicted octanol–water partition coefficient (Wildman–Crippen LogP) is 13.7. The van der Waals surface area contributed by atoms with Crippen molar-refractivity contribution < 1.29 is 81.3 Å². The SMILES string of the molecule is COc1ccc(I(OS(=O)(=O)C(F)(F)F)c2cccc(CN(C(=O)OC(C)(C)C)C(=NC(=O)OC(C)(C)C)C3CN(C)C(=O)N(C)C3)c2)cc1.COc1ccc(I)cc1.Cc1cccc(CN(C(=O)OC(C)(C)C)C(=NC(=O)OC(C)(C)C)C2CN(C)C(=O)N(C)C2)c1. The summed E-state index contributed by atoms with van der Waals surface area (Å²) < 4.78 is 104. The molecule has 0 spiro atoms. The second kappa shape index (κ2) is 32.9. The van der Waals surface area contributed by atoms with Gasteiger partial charge in [-0.25, -0.2) is 14.4 Å². The smallest absolute Gasteiger partial charge is 0.435 e. The van der Waals surface area contributed by atoms with Crippen LogP contribution < -0.4 is 9.47 Å². The number of amidine groups is 2. The zero-order valence-corrected chi connectivity index (χ0v) is 61.3. The Morgan fingerprint density at radius 2 is 0.903 bits per heavy atom. The van der Waals surface area contributed by atoms with Gasteiger partial charge in [-0.3, -0.25) is 4.90 Å². The maximum absolute atomic E-state index is 13.9. The third-order valence-electron chi connectivity index (χ3n) is 12.6. The summed E-state index contributed by atoms with van der Waals surface area (Å²) in [5.41, 5.74) is -6.91. The number of amides is 8. The molecule has 93 heavy (non-hydrogen) atoms. The van der Waals surface area contributed by atoms with Crippen LogP contribution >= 0.6 is 42.8 Å². The summed E-state index contributed by atoms with van der Waals surface area (Å²) in [6.07, 6.45) is -3.34. The van der Waals surface area contributed by atoms with Crippen LogP contribution in [0.3, 0.4) is 0 Å². The Morgan fingerprint density at radius 3 is 1.25 bits per heavy atom. The molecular weight excluding hydrogens is 1460 g/mol. The molecule has 29 heteroatoms. The molecule has 2 aliphatic rings. The summed E-state index contributed by atoms with van der Waals surface area (Å²) in [6.45, 7) is 22.9. The number of aliphatic imine (C=N–C) groups is 2. The van der Waals surface area contributed by atoms with Crippen molar-refractivity contribution in [2.45, 2.75) is 131 Å². The second-order valence-electron chi connectivity index (χ2n) is 25.7. The number of benzene rings is 4. The Balaban J connectivity index is 0.000000367. The van der Waals surface area contributed by atoms with Gasteiger partial charge in [0.05, 0.1) is 19.6 Å².